The van der Waals surface area contributed by atoms with Crippen LogP contribution in [-0.4, -0.2) is 77.2 Å². The van der Waals surface area contributed by atoms with Gasteiger partial charge in [-0.3, -0.25) is 4.79 Å². The lowest BCUT2D eigenvalue weighted by molar-refractivity contribution is -0.382. The maximum absolute atomic E-state index is 11.6. The molecule has 1 saturated heterocycles. The standard InChI is InChI=1S/C24H46O8Si/c1-9-33(10-2,11-3)32-22-19(28-6)17-18(13-12-14-21(27)29-7)31-24(22,30-8)23(4,5)20(26)15-16-25/h16,18-20,22,26H,9-15,17H2,1-8H3/t18-,19+,20-,22+,24-/m0/s1. The van der Waals surface area contributed by atoms with Crippen molar-refractivity contribution in [1.29, 1.82) is 0 Å². The zero-order chi connectivity index (χ0) is 25.3. The second kappa shape index (κ2) is 13.3. The van der Waals surface area contributed by atoms with Crippen LogP contribution in [0, 0.1) is 5.41 Å². The zero-order valence-electron chi connectivity index (χ0n) is 21.8. The molecule has 0 aromatic rings. The Balaban J connectivity index is 3.46. The van der Waals surface area contributed by atoms with Crippen molar-refractivity contribution < 1.29 is 38.1 Å². The van der Waals surface area contributed by atoms with Crippen LogP contribution in [-0.2, 0) is 33.0 Å². The first-order valence-electron chi connectivity index (χ1n) is 12.2. The number of aliphatic hydroxyl groups is 1. The first kappa shape index (κ1) is 30.2. The first-order valence-corrected chi connectivity index (χ1v) is 14.7. The van der Waals surface area contributed by atoms with Crippen molar-refractivity contribution in [3.63, 3.8) is 0 Å². The lowest BCUT2D eigenvalue weighted by Gasteiger charge is -2.58. The number of ether oxygens (including phenoxy) is 4. The largest absolute Gasteiger partial charge is 0.469 e. The minimum absolute atomic E-state index is 0.0449. The van der Waals surface area contributed by atoms with E-state index in [-0.39, 0.29) is 24.6 Å². The Hall–Kier alpha value is -0.843. The van der Waals surface area contributed by atoms with E-state index in [9.17, 15) is 14.7 Å². The van der Waals surface area contributed by atoms with Crippen LogP contribution in [0.1, 0.15) is 66.7 Å². The Morgan fingerprint density at radius 3 is 2.27 bits per heavy atom. The van der Waals surface area contributed by atoms with Crippen LogP contribution in [0.2, 0.25) is 18.1 Å². The Morgan fingerprint density at radius 2 is 1.82 bits per heavy atom. The monoisotopic (exact) mass is 490 g/mol. The first-order chi connectivity index (χ1) is 15.6. The van der Waals surface area contributed by atoms with E-state index in [1.54, 1.807) is 14.2 Å². The molecule has 0 saturated carbocycles. The molecule has 194 valence electrons. The normalized spacial score (nSPS) is 27.2. The molecule has 0 aliphatic carbocycles. The molecule has 1 N–H and O–H groups in total. The minimum Gasteiger partial charge on any atom is -0.469 e. The predicted octanol–water partition coefficient (Wildman–Crippen LogP) is 3.84. The van der Waals surface area contributed by atoms with E-state index >= 15 is 0 Å². The minimum atomic E-state index is -2.12. The maximum atomic E-state index is 11.6. The highest BCUT2D eigenvalue weighted by Gasteiger charge is 2.63. The van der Waals surface area contributed by atoms with E-state index < -0.39 is 31.7 Å². The van der Waals surface area contributed by atoms with Crippen LogP contribution < -0.4 is 0 Å². The van der Waals surface area contributed by atoms with Gasteiger partial charge in [-0.25, -0.2) is 0 Å². The van der Waals surface area contributed by atoms with Gasteiger partial charge in [0.2, 0.25) is 5.79 Å². The van der Waals surface area contributed by atoms with Gasteiger partial charge in [0, 0.05) is 38.9 Å². The summed E-state index contributed by atoms with van der Waals surface area (Å²) in [6, 6.07) is 2.81. The molecule has 9 heteroatoms. The zero-order valence-corrected chi connectivity index (χ0v) is 22.8. The highest BCUT2D eigenvalue weighted by molar-refractivity contribution is 6.73. The molecule has 0 spiro atoms. The van der Waals surface area contributed by atoms with Crippen molar-refractivity contribution in [2.75, 3.05) is 21.3 Å². The summed E-state index contributed by atoms with van der Waals surface area (Å²) in [4.78, 5) is 22.9. The SMILES string of the molecule is CC[Si](CC)(CC)O[C@@H]1[C@H](OC)C[C@H](CCCC(=O)OC)O[C@]1(OC)C(C)(C)[C@@H](O)CC=O. The third-order valence-corrected chi connectivity index (χ3v) is 12.3. The van der Waals surface area contributed by atoms with Crippen LogP contribution in [0.5, 0.6) is 0 Å². The Labute approximate surface area is 200 Å². The molecule has 1 aliphatic rings. The summed E-state index contributed by atoms with van der Waals surface area (Å²) in [6.45, 7) is 10.2. The van der Waals surface area contributed by atoms with Gasteiger partial charge in [-0.15, -0.1) is 0 Å². The molecule has 1 heterocycles. The second-order valence-electron chi connectivity index (χ2n) is 9.51. The number of hydrogen-bond donors (Lipinski definition) is 1. The number of methoxy groups -OCH3 is 3. The molecular weight excluding hydrogens is 444 g/mol. The summed E-state index contributed by atoms with van der Waals surface area (Å²) >= 11 is 0. The van der Waals surface area contributed by atoms with Crippen molar-refractivity contribution in [1.82, 2.24) is 0 Å². The summed E-state index contributed by atoms with van der Waals surface area (Å²) < 4.78 is 30.5. The molecule has 0 radical (unpaired) electrons. The quantitative estimate of drug-likeness (QED) is 0.210. The highest BCUT2D eigenvalue weighted by Crippen LogP contribution is 2.50. The number of esters is 1. The van der Waals surface area contributed by atoms with Crippen molar-refractivity contribution in [2.45, 2.75) is 115 Å². The summed E-state index contributed by atoms with van der Waals surface area (Å²) in [7, 11) is 2.47. The highest BCUT2D eigenvalue weighted by atomic mass is 28.4. The van der Waals surface area contributed by atoms with Gasteiger partial charge in [0.05, 0.1) is 25.4 Å². The Kier molecular flexibility index (Phi) is 12.2. The van der Waals surface area contributed by atoms with E-state index in [1.165, 1.54) is 7.11 Å². The van der Waals surface area contributed by atoms with Crippen molar-refractivity contribution in [2.24, 2.45) is 5.41 Å². The van der Waals surface area contributed by atoms with Gasteiger partial charge < -0.3 is 33.3 Å². The van der Waals surface area contributed by atoms with Gasteiger partial charge in [0.1, 0.15) is 12.4 Å². The number of aldehydes is 1. The molecule has 0 aromatic carbocycles. The molecule has 0 unspecified atom stereocenters. The van der Waals surface area contributed by atoms with Gasteiger partial charge in [0.25, 0.3) is 0 Å². The van der Waals surface area contributed by atoms with E-state index in [4.69, 9.17) is 23.4 Å². The molecular formula is C24H46O8Si. The van der Waals surface area contributed by atoms with Crippen molar-refractivity contribution in [3.05, 3.63) is 0 Å². The smallest absolute Gasteiger partial charge is 0.305 e. The Bertz CT molecular complexity index is 601. The lowest BCUT2D eigenvalue weighted by atomic mass is 9.71. The van der Waals surface area contributed by atoms with E-state index in [1.807, 2.05) is 13.8 Å². The molecule has 0 bridgehead atoms. The molecule has 1 rings (SSSR count). The third kappa shape index (κ3) is 6.64. The molecule has 33 heavy (non-hydrogen) atoms. The lowest BCUT2D eigenvalue weighted by Crippen LogP contribution is -2.70. The number of rotatable bonds is 15. The van der Waals surface area contributed by atoms with E-state index in [0.29, 0.717) is 32.0 Å². The fraction of sp³-hybridized carbons (Fsp3) is 0.917. The van der Waals surface area contributed by atoms with Crippen molar-refractivity contribution >= 4 is 20.6 Å². The van der Waals surface area contributed by atoms with Gasteiger partial charge in [-0.2, -0.15) is 0 Å². The molecule has 5 atom stereocenters. The number of carbonyl (C=O) groups is 2. The number of aliphatic hydroxyl groups excluding tert-OH is 1. The molecule has 0 amide bonds. The second-order valence-corrected chi connectivity index (χ2v) is 14.2. The third-order valence-electron chi connectivity index (χ3n) is 7.65. The Morgan fingerprint density at radius 1 is 1.21 bits per heavy atom. The fourth-order valence-corrected chi connectivity index (χ4v) is 7.80. The van der Waals surface area contributed by atoms with Crippen LogP contribution in [0.3, 0.4) is 0 Å². The molecule has 1 fully saturated rings. The molecule has 0 aromatic heterocycles. The van der Waals surface area contributed by atoms with E-state index in [2.05, 4.69) is 20.8 Å². The average Bonchev–Trinajstić information content (AvgIpc) is 2.82. The number of hydrogen-bond acceptors (Lipinski definition) is 8. The molecule has 8 nitrogen and oxygen atoms in total. The fourth-order valence-electron chi connectivity index (χ4n) is 4.95. The van der Waals surface area contributed by atoms with Crippen LogP contribution in [0.4, 0.5) is 0 Å². The van der Waals surface area contributed by atoms with Crippen LogP contribution in [0.25, 0.3) is 0 Å². The van der Waals surface area contributed by atoms with E-state index in [0.717, 1.165) is 18.1 Å². The van der Waals surface area contributed by atoms with Crippen LogP contribution >= 0.6 is 0 Å². The summed E-state index contributed by atoms with van der Waals surface area (Å²) in [5, 5.41) is 11.0. The van der Waals surface area contributed by atoms with Crippen LogP contribution in [0.15, 0.2) is 0 Å². The summed E-state index contributed by atoms with van der Waals surface area (Å²) in [5.74, 6) is -1.61. The maximum Gasteiger partial charge on any atom is 0.305 e. The van der Waals surface area contributed by atoms with Crippen molar-refractivity contribution in [3.8, 4) is 0 Å². The predicted molar refractivity (Wildman–Crippen MR) is 128 cm³/mol. The summed E-state index contributed by atoms with van der Waals surface area (Å²) in [6.07, 6.45) is 0.538. The van der Waals surface area contributed by atoms with Gasteiger partial charge in [-0.1, -0.05) is 34.6 Å². The van der Waals surface area contributed by atoms with Gasteiger partial charge in [0.15, 0.2) is 8.32 Å². The summed E-state index contributed by atoms with van der Waals surface area (Å²) in [5.41, 5.74) is -0.986. The average molecular weight is 491 g/mol. The van der Waals surface area contributed by atoms with Gasteiger partial charge >= 0.3 is 5.97 Å². The van der Waals surface area contributed by atoms with Gasteiger partial charge in [-0.05, 0) is 31.0 Å². The molecule has 1 aliphatic heterocycles. The number of carbonyl (C=O) groups excluding carboxylic acids is 2. The topological polar surface area (TPSA) is 101 Å².